The van der Waals surface area contributed by atoms with Gasteiger partial charge in [0.1, 0.15) is 0 Å². The Kier molecular flexibility index (Phi) is 6.31. The maximum absolute atomic E-state index is 13.3. The van der Waals surface area contributed by atoms with Crippen molar-refractivity contribution in [2.24, 2.45) is 0 Å². The maximum Gasteiger partial charge on any atom is 0.388 e. The average Bonchev–Trinajstić information content (AvgIpc) is 3.58. The fourth-order valence-electron chi connectivity index (χ4n) is 5.87. The number of sulfonamides is 1. The number of aromatic nitrogens is 4. The Morgan fingerprint density at radius 1 is 1.11 bits per heavy atom. The van der Waals surface area contributed by atoms with E-state index in [9.17, 15) is 17.2 Å². The minimum Gasteiger partial charge on any atom is -0.417 e. The van der Waals surface area contributed by atoms with Gasteiger partial charge >= 0.3 is 6.61 Å². The highest BCUT2D eigenvalue weighted by molar-refractivity contribution is 7.88. The molecular formula is C25H29F2N7O3S. The number of likely N-dealkylation sites (tertiary alicyclic amines) is 1. The number of anilines is 2. The van der Waals surface area contributed by atoms with Crippen molar-refractivity contribution in [1.82, 2.24) is 29.4 Å². The molecule has 0 atom stereocenters. The molecule has 1 aromatic carbocycles. The lowest BCUT2D eigenvalue weighted by Crippen LogP contribution is -2.62. The van der Waals surface area contributed by atoms with Crippen LogP contribution in [0, 0.1) is 0 Å². The highest BCUT2D eigenvalue weighted by Gasteiger charge is 2.46. The molecule has 1 aliphatic carbocycles. The summed E-state index contributed by atoms with van der Waals surface area (Å²) in [4.78, 5) is 9.03. The van der Waals surface area contributed by atoms with Gasteiger partial charge in [0, 0.05) is 43.0 Å². The van der Waals surface area contributed by atoms with Crippen LogP contribution in [0.5, 0.6) is 5.88 Å². The Balaban J connectivity index is 1.27. The number of halogens is 2. The van der Waals surface area contributed by atoms with Crippen molar-refractivity contribution in [2.45, 2.75) is 55.8 Å². The molecule has 0 unspecified atom stereocenters. The minimum atomic E-state index is -3.83. The van der Waals surface area contributed by atoms with E-state index in [1.54, 1.807) is 6.07 Å². The molecule has 2 fully saturated rings. The van der Waals surface area contributed by atoms with Crippen molar-refractivity contribution in [1.29, 1.82) is 0 Å². The van der Waals surface area contributed by atoms with Gasteiger partial charge in [-0.2, -0.15) is 13.1 Å². The Morgan fingerprint density at radius 2 is 1.89 bits per heavy atom. The highest BCUT2D eigenvalue weighted by Crippen LogP contribution is 2.41. The molecule has 202 valence electrons. The summed E-state index contributed by atoms with van der Waals surface area (Å²) in [6.07, 6.45) is 6.82. The number of piperidine rings is 1. The second kappa shape index (κ2) is 9.54. The predicted octanol–water partition coefficient (Wildman–Crippen LogP) is 3.56. The van der Waals surface area contributed by atoms with Gasteiger partial charge in [0.2, 0.25) is 11.8 Å². The first-order valence-electron chi connectivity index (χ1n) is 12.7. The number of rotatable bonds is 7. The van der Waals surface area contributed by atoms with Gasteiger partial charge in [0.25, 0.3) is 15.2 Å². The molecule has 0 radical (unpaired) electrons. The first-order chi connectivity index (χ1) is 18.2. The zero-order valence-corrected chi connectivity index (χ0v) is 21.8. The number of hydrogen-bond donors (Lipinski definition) is 2. The molecule has 2 N–H and O–H groups in total. The van der Waals surface area contributed by atoms with Crippen LogP contribution in [-0.2, 0) is 22.9 Å². The lowest BCUT2D eigenvalue weighted by molar-refractivity contribution is -0.0528. The summed E-state index contributed by atoms with van der Waals surface area (Å²) in [6, 6.07) is 7.09. The standard InChI is InChI=1S/C25H29F2N7O3S/c1-33-12-8-25(33)9-13-34(14-10-25)38(35,36)24-30-23(31-32-24)29-21-18-4-2-3-16(18)5-6-19(21)17-7-11-28-20(15-17)37-22(26)27/h5-7,11,15,22H,2-4,8-10,12-14H2,1H3,(H2,29,30,31,32). The zero-order chi connectivity index (χ0) is 26.5. The van der Waals surface area contributed by atoms with Gasteiger partial charge < -0.3 is 15.0 Å². The monoisotopic (exact) mass is 545 g/mol. The van der Waals surface area contributed by atoms with E-state index in [2.05, 4.69) is 42.2 Å². The molecule has 38 heavy (non-hydrogen) atoms. The van der Waals surface area contributed by atoms with Gasteiger partial charge in [-0.1, -0.05) is 12.1 Å². The van der Waals surface area contributed by atoms with Gasteiger partial charge in [-0.25, -0.2) is 13.4 Å². The van der Waals surface area contributed by atoms with E-state index in [0.717, 1.165) is 61.9 Å². The molecule has 2 aromatic heterocycles. The zero-order valence-electron chi connectivity index (χ0n) is 21.0. The molecule has 0 amide bonds. The molecule has 0 saturated carbocycles. The van der Waals surface area contributed by atoms with Gasteiger partial charge in [-0.15, -0.1) is 10.2 Å². The fraction of sp³-hybridized carbons (Fsp3) is 0.480. The van der Waals surface area contributed by atoms with Crippen molar-refractivity contribution in [2.75, 3.05) is 32.0 Å². The van der Waals surface area contributed by atoms with E-state index in [4.69, 9.17) is 0 Å². The molecule has 6 rings (SSSR count). The molecule has 13 heteroatoms. The molecule has 2 aliphatic heterocycles. The molecule has 10 nitrogen and oxygen atoms in total. The normalized spacial score (nSPS) is 19.5. The third kappa shape index (κ3) is 4.41. The van der Waals surface area contributed by atoms with Gasteiger partial charge in [-0.05, 0) is 68.3 Å². The summed E-state index contributed by atoms with van der Waals surface area (Å²) >= 11 is 0. The van der Waals surface area contributed by atoms with E-state index in [0.29, 0.717) is 18.7 Å². The maximum atomic E-state index is 13.3. The number of fused-ring (bicyclic) bond motifs is 1. The topological polar surface area (TPSA) is 116 Å². The van der Waals surface area contributed by atoms with E-state index >= 15 is 0 Å². The third-order valence-corrected chi connectivity index (χ3v) is 9.93. The molecule has 0 bridgehead atoms. The minimum absolute atomic E-state index is 0.122. The second-order valence-corrected chi connectivity index (χ2v) is 12.0. The number of benzene rings is 1. The van der Waals surface area contributed by atoms with Crippen LogP contribution in [0.1, 0.15) is 36.8 Å². The van der Waals surface area contributed by atoms with Gasteiger partial charge in [0.15, 0.2) is 0 Å². The predicted molar refractivity (Wildman–Crippen MR) is 136 cm³/mol. The van der Waals surface area contributed by atoms with Crippen LogP contribution in [0.4, 0.5) is 20.4 Å². The number of aromatic amines is 1. The SMILES string of the molecule is CN1CCC12CCN(S(=O)(=O)c1nnc(Nc3c(-c4ccnc(OC(F)F)c4)ccc4c3CCC4)[nH]1)CC2. The quantitative estimate of drug-likeness (QED) is 0.463. The first kappa shape index (κ1) is 25.1. The Hall–Kier alpha value is -3.16. The van der Waals surface area contributed by atoms with Crippen molar-refractivity contribution >= 4 is 21.7 Å². The smallest absolute Gasteiger partial charge is 0.388 e. The van der Waals surface area contributed by atoms with Crippen LogP contribution in [0.3, 0.4) is 0 Å². The summed E-state index contributed by atoms with van der Waals surface area (Å²) in [5.74, 6) is 0.00356. The van der Waals surface area contributed by atoms with Crippen molar-refractivity contribution in [3.8, 4) is 17.0 Å². The van der Waals surface area contributed by atoms with Crippen LogP contribution in [0.25, 0.3) is 11.1 Å². The number of alkyl halides is 2. The highest BCUT2D eigenvalue weighted by atomic mass is 32.2. The molecule has 4 heterocycles. The second-order valence-electron chi connectivity index (χ2n) is 10.1. The van der Waals surface area contributed by atoms with E-state index < -0.39 is 16.6 Å². The Bertz CT molecular complexity index is 1450. The van der Waals surface area contributed by atoms with Crippen LogP contribution < -0.4 is 10.1 Å². The summed E-state index contributed by atoms with van der Waals surface area (Å²) in [6.45, 7) is -1.05. The summed E-state index contributed by atoms with van der Waals surface area (Å²) in [5, 5.41) is 11.1. The summed E-state index contributed by atoms with van der Waals surface area (Å²) < 4.78 is 58.1. The van der Waals surface area contributed by atoms with E-state index in [1.165, 1.54) is 22.1 Å². The fourth-order valence-corrected chi connectivity index (χ4v) is 7.15. The first-order valence-corrected chi connectivity index (χ1v) is 14.2. The van der Waals surface area contributed by atoms with Gasteiger partial charge in [-0.3, -0.25) is 4.98 Å². The summed E-state index contributed by atoms with van der Waals surface area (Å²) in [7, 11) is -1.73. The third-order valence-electron chi connectivity index (χ3n) is 8.21. The Morgan fingerprint density at radius 3 is 2.61 bits per heavy atom. The van der Waals surface area contributed by atoms with Gasteiger partial charge in [0.05, 0.1) is 5.69 Å². The lowest BCUT2D eigenvalue weighted by atomic mass is 9.77. The number of ether oxygens (including phenoxy) is 1. The van der Waals surface area contributed by atoms with Crippen molar-refractivity contribution in [3.63, 3.8) is 0 Å². The number of nitrogens with one attached hydrogen (secondary N) is 2. The van der Waals surface area contributed by atoms with Crippen LogP contribution >= 0.6 is 0 Å². The van der Waals surface area contributed by atoms with Crippen molar-refractivity contribution in [3.05, 3.63) is 41.6 Å². The Labute approximate surface area is 219 Å². The average molecular weight is 546 g/mol. The molecule has 3 aliphatic rings. The van der Waals surface area contributed by atoms with Crippen LogP contribution in [0.15, 0.2) is 35.6 Å². The summed E-state index contributed by atoms with van der Waals surface area (Å²) in [5.41, 5.74) is 4.45. The number of hydrogen-bond acceptors (Lipinski definition) is 8. The van der Waals surface area contributed by atoms with E-state index in [-0.39, 0.29) is 22.5 Å². The largest absolute Gasteiger partial charge is 0.417 e. The number of aryl methyl sites for hydroxylation is 1. The lowest BCUT2D eigenvalue weighted by Gasteiger charge is -2.54. The molecule has 2 saturated heterocycles. The molecular weight excluding hydrogens is 516 g/mol. The number of H-pyrrole nitrogens is 1. The van der Waals surface area contributed by atoms with Crippen molar-refractivity contribution < 1.29 is 21.9 Å². The van der Waals surface area contributed by atoms with E-state index in [1.807, 2.05) is 12.1 Å². The van der Waals surface area contributed by atoms with Crippen LogP contribution in [0.2, 0.25) is 0 Å². The number of pyridine rings is 1. The molecule has 3 aromatic rings. The van der Waals surface area contributed by atoms with Crippen LogP contribution in [-0.4, -0.2) is 76.6 Å². The number of nitrogens with zero attached hydrogens (tertiary/aromatic N) is 5. The molecule has 1 spiro atoms.